The highest BCUT2D eigenvalue weighted by atomic mass is 32.2. The van der Waals surface area contributed by atoms with E-state index in [-0.39, 0.29) is 0 Å². The number of hydrogen-bond donors (Lipinski definition) is 3. The highest BCUT2D eigenvalue weighted by Crippen LogP contribution is 2.30. The Bertz CT molecular complexity index is 887. The van der Waals surface area contributed by atoms with Gasteiger partial charge in [0.1, 0.15) is 5.82 Å². The van der Waals surface area contributed by atoms with Crippen LogP contribution in [0.15, 0.2) is 40.4 Å². The molecule has 3 aromatic rings. The Balaban J connectivity index is 1.43. The van der Waals surface area contributed by atoms with E-state index in [0.29, 0.717) is 22.7 Å². The van der Waals surface area contributed by atoms with Gasteiger partial charge < -0.3 is 10.6 Å². The number of nitrogens with zero attached hydrogens (tertiary/aromatic N) is 4. The fourth-order valence-electron chi connectivity index (χ4n) is 2.49. The van der Waals surface area contributed by atoms with Crippen molar-refractivity contribution in [3.8, 4) is 0 Å². The molecule has 3 N–H and O–H groups in total. The average molecular weight is 367 g/mol. The van der Waals surface area contributed by atoms with Crippen LogP contribution < -0.4 is 10.6 Å². The third kappa shape index (κ3) is 4.51. The number of hydrogen-bond acceptors (Lipinski definition) is 7. The van der Waals surface area contributed by atoms with Crippen LogP contribution in [-0.4, -0.2) is 31.7 Å². The van der Waals surface area contributed by atoms with Crippen LogP contribution in [0.2, 0.25) is 0 Å². The molecule has 8 heteroatoms. The van der Waals surface area contributed by atoms with Gasteiger partial charge in [-0.05, 0) is 68.6 Å². The third-order valence-electron chi connectivity index (χ3n) is 4.03. The largest absolute Gasteiger partial charge is 0.385 e. The van der Waals surface area contributed by atoms with Crippen LogP contribution in [0.1, 0.15) is 24.4 Å². The zero-order valence-corrected chi connectivity index (χ0v) is 15.6. The Morgan fingerprint density at radius 2 is 1.92 bits per heavy atom. The van der Waals surface area contributed by atoms with E-state index in [9.17, 15) is 0 Å². The molecule has 4 rings (SSSR count). The zero-order valence-electron chi connectivity index (χ0n) is 14.8. The second-order valence-electron chi connectivity index (χ2n) is 6.50. The molecule has 1 fully saturated rings. The van der Waals surface area contributed by atoms with Gasteiger partial charge in [0.2, 0.25) is 5.95 Å². The fourth-order valence-corrected chi connectivity index (χ4v) is 3.28. The molecular formula is C18H21N7S. The molecule has 134 valence electrons. The monoisotopic (exact) mass is 367 g/mol. The molecule has 0 bridgehead atoms. The molecule has 0 unspecified atom stereocenters. The summed E-state index contributed by atoms with van der Waals surface area (Å²) in [6.07, 6.45) is 2.71. The van der Waals surface area contributed by atoms with Crippen LogP contribution in [-0.2, 0) is 0 Å². The molecule has 2 heterocycles. The fraction of sp³-hybridized carbons (Fsp3) is 0.333. The van der Waals surface area contributed by atoms with Crippen LogP contribution in [0, 0.1) is 19.8 Å². The van der Waals surface area contributed by atoms with Crippen LogP contribution in [0.3, 0.4) is 0 Å². The number of H-pyrrole nitrogens is 1. The molecule has 1 aliphatic carbocycles. The van der Waals surface area contributed by atoms with Crippen molar-refractivity contribution >= 4 is 29.2 Å². The highest BCUT2D eigenvalue weighted by Gasteiger charge is 2.20. The molecule has 2 aromatic heterocycles. The second-order valence-corrected chi connectivity index (χ2v) is 7.54. The first kappa shape index (κ1) is 16.8. The zero-order chi connectivity index (χ0) is 17.9. The summed E-state index contributed by atoms with van der Waals surface area (Å²) in [5.41, 5.74) is 2.13. The van der Waals surface area contributed by atoms with Crippen molar-refractivity contribution in [2.24, 2.45) is 5.92 Å². The first-order valence-electron chi connectivity index (χ1n) is 8.67. The van der Waals surface area contributed by atoms with Crippen LogP contribution in [0.25, 0.3) is 0 Å². The maximum Gasteiger partial charge on any atom is 0.232 e. The van der Waals surface area contributed by atoms with Gasteiger partial charge in [-0.3, -0.25) is 5.10 Å². The summed E-state index contributed by atoms with van der Waals surface area (Å²) in [5, 5.41) is 14.3. The van der Waals surface area contributed by atoms with Gasteiger partial charge in [0.05, 0.1) is 0 Å². The molecule has 26 heavy (non-hydrogen) atoms. The lowest BCUT2D eigenvalue weighted by Gasteiger charge is -2.07. The number of rotatable bonds is 7. The number of nitrogens with one attached hydrogen (secondary N) is 3. The first-order valence-corrected chi connectivity index (χ1v) is 9.49. The normalized spacial score (nSPS) is 13.6. The molecule has 0 radical (unpaired) electrons. The predicted octanol–water partition coefficient (Wildman–Crippen LogP) is 3.93. The van der Waals surface area contributed by atoms with E-state index >= 15 is 0 Å². The smallest absolute Gasteiger partial charge is 0.232 e. The van der Waals surface area contributed by atoms with Crippen LogP contribution in [0.5, 0.6) is 0 Å². The molecule has 0 saturated heterocycles. The van der Waals surface area contributed by atoms with Crippen molar-refractivity contribution in [3.63, 3.8) is 0 Å². The van der Waals surface area contributed by atoms with Gasteiger partial charge in [-0.25, -0.2) is 4.98 Å². The van der Waals surface area contributed by atoms with Crippen LogP contribution >= 0.6 is 11.8 Å². The van der Waals surface area contributed by atoms with Crippen molar-refractivity contribution in [2.75, 3.05) is 17.2 Å². The van der Waals surface area contributed by atoms with Gasteiger partial charge in [0.15, 0.2) is 11.0 Å². The summed E-state index contributed by atoms with van der Waals surface area (Å²) in [7, 11) is 0. The second kappa shape index (κ2) is 7.33. The van der Waals surface area contributed by atoms with Crippen molar-refractivity contribution in [2.45, 2.75) is 36.7 Å². The lowest BCUT2D eigenvalue weighted by molar-refractivity contribution is 0.865. The summed E-state index contributed by atoms with van der Waals surface area (Å²) < 4.78 is 0. The molecular weight excluding hydrogens is 346 g/mol. The first-order chi connectivity index (χ1) is 12.6. The standard InChI is InChI=1S/C18H21N7S/c1-11-9-16(25-24-11)22-17-20-12(2)21-18(23-17)26-15-7-5-14(6-8-15)19-10-13-3-4-13/h5-9,13,19H,3-4,10H2,1-2H3,(H2,20,21,22,23,24,25). The average Bonchev–Trinajstić information content (AvgIpc) is 3.35. The third-order valence-corrected chi connectivity index (χ3v) is 4.90. The topological polar surface area (TPSA) is 91.4 Å². The van der Waals surface area contributed by atoms with Gasteiger partial charge in [0, 0.05) is 28.9 Å². The van der Waals surface area contributed by atoms with Crippen molar-refractivity contribution in [3.05, 3.63) is 41.9 Å². The molecule has 1 aliphatic rings. The summed E-state index contributed by atoms with van der Waals surface area (Å²) >= 11 is 1.52. The van der Waals surface area contributed by atoms with Crippen molar-refractivity contribution in [1.82, 2.24) is 25.1 Å². The lowest BCUT2D eigenvalue weighted by Crippen LogP contribution is -2.03. The molecule has 0 spiro atoms. The SMILES string of the molecule is Cc1nc(Nc2cc(C)[nH]n2)nc(Sc2ccc(NCC3CC3)cc2)n1. The Labute approximate surface area is 156 Å². The Hall–Kier alpha value is -2.61. The van der Waals surface area contributed by atoms with E-state index in [1.807, 2.05) is 19.9 Å². The van der Waals surface area contributed by atoms with Gasteiger partial charge in [-0.2, -0.15) is 15.1 Å². The number of benzene rings is 1. The van der Waals surface area contributed by atoms with Crippen LogP contribution in [0.4, 0.5) is 17.5 Å². The number of aromatic nitrogens is 5. The molecule has 1 aromatic carbocycles. The van der Waals surface area contributed by atoms with E-state index in [1.165, 1.54) is 24.6 Å². The number of aryl methyl sites for hydroxylation is 2. The minimum absolute atomic E-state index is 0.495. The van der Waals surface area contributed by atoms with Gasteiger partial charge in [-0.1, -0.05) is 0 Å². The minimum Gasteiger partial charge on any atom is -0.385 e. The molecule has 0 amide bonds. The number of anilines is 3. The minimum atomic E-state index is 0.495. The maximum atomic E-state index is 4.48. The van der Waals surface area contributed by atoms with Crippen molar-refractivity contribution in [1.29, 1.82) is 0 Å². The Kier molecular flexibility index (Phi) is 4.75. The van der Waals surface area contributed by atoms with E-state index in [0.717, 1.165) is 28.7 Å². The summed E-state index contributed by atoms with van der Waals surface area (Å²) in [4.78, 5) is 14.3. The van der Waals surface area contributed by atoms with Gasteiger partial charge in [0.25, 0.3) is 0 Å². The quantitative estimate of drug-likeness (QED) is 0.583. The highest BCUT2D eigenvalue weighted by molar-refractivity contribution is 7.99. The molecule has 1 saturated carbocycles. The molecule has 0 aliphatic heterocycles. The number of aromatic amines is 1. The van der Waals surface area contributed by atoms with Crippen molar-refractivity contribution < 1.29 is 0 Å². The molecule has 0 atom stereocenters. The van der Waals surface area contributed by atoms with E-state index in [4.69, 9.17) is 0 Å². The summed E-state index contributed by atoms with van der Waals surface area (Å²) in [6.45, 7) is 4.87. The molecule has 7 nitrogen and oxygen atoms in total. The Morgan fingerprint density at radius 1 is 1.12 bits per heavy atom. The van der Waals surface area contributed by atoms with E-state index in [2.05, 4.69) is 60.0 Å². The predicted molar refractivity (Wildman–Crippen MR) is 103 cm³/mol. The maximum absolute atomic E-state index is 4.48. The van der Waals surface area contributed by atoms with Gasteiger partial charge in [-0.15, -0.1) is 0 Å². The van der Waals surface area contributed by atoms with Gasteiger partial charge >= 0.3 is 0 Å². The summed E-state index contributed by atoms with van der Waals surface area (Å²) in [6, 6.07) is 10.3. The lowest BCUT2D eigenvalue weighted by atomic mass is 10.3. The summed E-state index contributed by atoms with van der Waals surface area (Å²) in [5.74, 6) is 2.71. The van der Waals surface area contributed by atoms with E-state index in [1.54, 1.807) is 0 Å². The van der Waals surface area contributed by atoms with E-state index < -0.39 is 0 Å². The Morgan fingerprint density at radius 3 is 2.62 bits per heavy atom.